The van der Waals surface area contributed by atoms with Crippen LogP contribution in [0.2, 0.25) is 0 Å². The second-order valence-corrected chi connectivity index (χ2v) is 6.28. The Balaban J connectivity index is 2.26. The summed E-state index contributed by atoms with van der Waals surface area (Å²) >= 11 is 0. The minimum Gasteiger partial charge on any atom is -0.211 e. The smallest absolute Gasteiger partial charge is 0.211 e. The first kappa shape index (κ1) is 15.4. The maximum atomic E-state index is 10.2. The van der Waals surface area contributed by atoms with E-state index in [0.29, 0.717) is 0 Å². The van der Waals surface area contributed by atoms with Gasteiger partial charge in [-0.15, -0.1) is 0 Å². The lowest BCUT2D eigenvalue weighted by Crippen LogP contribution is -2.16. The standard InChI is InChI=1S/C16H29NO/c1-4-15(10-7-14(3)17-12-18)11-16-8-5-13(2)6-9-16/h13-16H,4-11H2,1-3H3. The summed E-state index contributed by atoms with van der Waals surface area (Å²) in [4.78, 5) is 14.0. The van der Waals surface area contributed by atoms with Gasteiger partial charge in [0, 0.05) is 0 Å². The molecule has 1 fully saturated rings. The van der Waals surface area contributed by atoms with E-state index in [-0.39, 0.29) is 6.04 Å². The second kappa shape index (κ2) is 8.48. The lowest BCUT2D eigenvalue weighted by molar-refractivity contribution is 0.234. The molecule has 18 heavy (non-hydrogen) atoms. The molecule has 2 nitrogen and oxygen atoms in total. The second-order valence-electron chi connectivity index (χ2n) is 6.28. The number of hydrogen-bond donors (Lipinski definition) is 0. The van der Waals surface area contributed by atoms with Crippen LogP contribution < -0.4 is 0 Å². The van der Waals surface area contributed by atoms with Crippen LogP contribution in [0.5, 0.6) is 0 Å². The van der Waals surface area contributed by atoms with Gasteiger partial charge in [-0.3, -0.25) is 0 Å². The molecule has 0 bridgehead atoms. The fraction of sp³-hybridized carbons (Fsp3) is 0.938. The maximum Gasteiger partial charge on any atom is 0.235 e. The highest BCUT2D eigenvalue weighted by Crippen LogP contribution is 2.34. The monoisotopic (exact) mass is 251 g/mol. The number of carbonyl (C=O) groups excluding carboxylic acids is 1. The predicted octanol–water partition coefficient (Wildman–Crippen LogP) is 4.73. The zero-order valence-electron chi connectivity index (χ0n) is 12.3. The summed E-state index contributed by atoms with van der Waals surface area (Å²) in [6.07, 6.45) is 12.3. The molecule has 1 aliphatic carbocycles. The molecular formula is C16H29NO. The average molecular weight is 251 g/mol. The molecule has 2 atom stereocenters. The quantitative estimate of drug-likeness (QED) is 0.475. The van der Waals surface area contributed by atoms with Gasteiger partial charge in [0.25, 0.3) is 0 Å². The highest BCUT2D eigenvalue weighted by atomic mass is 16.1. The summed E-state index contributed by atoms with van der Waals surface area (Å²) in [6, 6.07) is 0.155. The average Bonchev–Trinajstić information content (AvgIpc) is 2.37. The molecule has 0 spiro atoms. The van der Waals surface area contributed by atoms with E-state index in [0.717, 1.165) is 24.2 Å². The summed E-state index contributed by atoms with van der Waals surface area (Å²) in [5.41, 5.74) is 0. The molecule has 0 aliphatic heterocycles. The Morgan fingerprint density at radius 1 is 1.22 bits per heavy atom. The van der Waals surface area contributed by atoms with E-state index >= 15 is 0 Å². The predicted molar refractivity (Wildman–Crippen MR) is 76.3 cm³/mol. The molecule has 2 unspecified atom stereocenters. The molecular weight excluding hydrogens is 222 g/mol. The van der Waals surface area contributed by atoms with Crippen molar-refractivity contribution in [3.63, 3.8) is 0 Å². The number of isocyanates is 1. The van der Waals surface area contributed by atoms with Crippen molar-refractivity contribution in [3.05, 3.63) is 0 Å². The van der Waals surface area contributed by atoms with E-state index in [9.17, 15) is 4.79 Å². The molecule has 0 aromatic heterocycles. The van der Waals surface area contributed by atoms with Crippen molar-refractivity contribution in [2.75, 3.05) is 0 Å². The van der Waals surface area contributed by atoms with Crippen molar-refractivity contribution < 1.29 is 4.79 Å². The van der Waals surface area contributed by atoms with Crippen molar-refractivity contribution in [1.29, 1.82) is 0 Å². The van der Waals surface area contributed by atoms with Gasteiger partial charge in [0.1, 0.15) is 0 Å². The number of rotatable bonds is 7. The van der Waals surface area contributed by atoms with Gasteiger partial charge in [-0.1, -0.05) is 46.0 Å². The van der Waals surface area contributed by atoms with Crippen molar-refractivity contribution in [2.24, 2.45) is 22.7 Å². The van der Waals surface area contributed by atoms with Crippen LogP contribution in [0.25, 0.3) is 0 Å². The Hall–Kier alpha value is -0.620. The van der Waals surface area contributed by atoms with Gasteiger partial charge < -0.3 is 0 Å². The molecule has 0 heterocycles. The van der Waals surface area contributed by atoms with E-state index in [2.05, 4.69) is 18.8 Å². The molecule has 104 valence electrons. The lowest BCUT2D eigenvalue weighted by atomic mass is 9.77. The third-order valence-corrected chi connectivity index (χ3v) is 4.65. The van der Waals surface area contributed by atoms with Gasteiger partial charge in [-0.05, 0) is 43.9 Å². The first-order valence-electron chi connectivity index (χ1n) is 7.72. The molecule has 0 N–H and O–H groups in total. The molecule has 0 saturated heterocycles. The van der Waals surface area contributed by atoms with Crippen LogP contribution in [-0.4, -0.2) is 12.1 Å². The Morgan fingerprint density at radius 3 is 2.44 bits per heavy atom. The summed E-state index contributed by atoms with van der Waals surface area (Å²) in [6.45, 7) is 6.69. The zero-order chi connectivity index (χ0) is 13.4. The third-order valence-electron chi connectivity index (χ3n) is 4.65. The lowest BCUT2D eigenvalue weighted by Gasteiger charge is -2.29. The Morgan fingerprint density at radius 2 is 1.89 bits per heavy atom. The van der Waals surface area contributed by atoms with Crippen LogP contribution in [0.4, 0.5) is 0 Å². The van der Waals surface area contributed by atoms with Gasteiger partial charge in [0.05, 0.1) is 6.04 Å². The summed E-state index contributed by atoms with van der Waals surface area (Å²) in [5.74, 6) is 2.73. The summed E-state index contributed by atoms with van der Waals surface area (Å²) < 4.78 is 0. The van der Waals surface area contributed by atoms with E-state index < -0.39 is 0 Å². The Kier molecular flexibility index (Phi) is 7.27. The van der Waals surface area contributed by atoms with Gasteiger partial charge in [0.2, 0.25) is 6.08 Å². The van der Waals surface area contributed by atoms with E-state index in [4.69, 9.17) is 0 Å². The van der Waals surface area contributed by atoms with Crippen molar-refractivity contribution >= 4 is 6.08 Å². The van der Waals surface area contributed by atoms with E-state index in [1.54, 1.807) is 6.08 Å². The van der Waals surface area contributed by atoms with Gasteiger partial charge in [0.15, 0.2) is 0 Å². The first-order chi connectivity index (χ1) is 8.65. The van der Waals surface area contributed by atoms with Crippen LogP contribution in [0.3, 0.4) is 0 Å². The largest absolute Gasteiger partial charge is 0.235 e. The highest BCUT2D eigenvalue weighted by Gasteiger charge is 2.21. The topological polar surface area (TPSA) is 29.4 Å². The van der Waals surface area contributed by atoms with Crippen LogP contribution in [-0.2, 0) is 4.79 Å². The minimum absolute atomic E-state index is 0.155. The first-order valence-corrected chi connectivity index (χ1v) is 7.72. The summed E-state index contributed by atoms with van der Waals surface area (Å²) in [5, 5.41) is 0. The summed E-state index contributed by atoms with van der Waals surface area (Å²) in [7, 11) is 0. The Labute approximate surface area is 112 Å². The van der Waals surface area contributed by atoms with Crippen LogP contribution >= 0.6 is 0 Å². The zero-order valence-corrected chi connectivity index (χ0v) is 12.3. The third kappa shape index (κ3) is 5.82. The van der Waals surface area contributed by atoms with Crippen molar-refractivity contribution in [2.45, 2.75) is 78.2 Å². The van der Waals surface area contributed by atoms with Crippen molar-refractivity contribution in [1.82, 2.24) is 0 Å². The molecule has 0 radical (unpaired) electrons. The number of aliphatic imine (C=N–C) groups is 1. The van der Waals surface area contributed by atoms with E-state index in [1.807, 2.05) is 6.92 Å². The Bertz CT molecular complexity index is 262. The highest BCUT2D eigenvalue weighted by molar-refractivity contribution is 5.33. The molecule has 0 aromatic carbocycles. The fourth-order valence-corrected chi connectivity index (χ4v) is 3.16. The maximum absolute atomic E-state index is 10.2. The molecule has 2 heteroatoms. The van der Waals surface area contributed by atoms with Gasteiger partial charge >= 0.3 is 0 Å². The number of hydrogen-bond acceptors (Lipinski definition) is 2. The molecule has 1 aliphatic rings. The van der Waals surface area contributed by atoms with Crippen LogP contribution in [0, 0.1) is 17.8 Å². The molecule has 1 rings (SSSR count). The van der Waals surface area contributed by atoms with Crippen LogP contribution in [0.1, 0.15) is 72.1 Å². The molecule has 1 saturated carbocycles. The van der Waals surface area contributed by atoms with Crippen molar-refractivity contribution in [3.8, 4) is 0 Å². The number of nitrogens with zero attached hydrogens (tertiary/aromatic N) is 1. The SMILES string of the molecule is CCC(CCC(C)N=C=O)CC1CCC(C)CC1. The minimum atomic E-state index is 0.155. The molecule has 0 aromatic rings. The fourth-order valence-electron chi connectivity index (χ4n) is 3.16. The normalized spacial score (nSPS) is 27.3. The van der Waals surface area contributed by atoms with Gasteiger partial charge in [-0.2, -0.15) is 0 Å². The van der Waals surface area contributed by atoms with Gasteiger partial charge in [-0.25, -0.2) is 9.79 Å². The molecule has 0 amide bonds. The van der Waals surface area contributed by atoms with E-state index in [1.165, 1.54) is 44.9 Å². The van der Waals surface area contributed by atoms with Crippen LogP contribution in [0.15, 0.2) is 4.99 Å².